The standard InChI is InChI=1S/C20H22BrNO4S/c1-4-25-20(24)17-13-6-5-7-16(13)27-19(17)22-18(23)12-8-9-15(14(21)10-12)26-11(2)3/h8-11H,4-7H2,1-3H3,(H,22,23). The van der Waals surface area contributed by atoms with Crippen molar-refractivity contribution in [2.45, 2.75) is 46.1 Å². The summed E-state index contributed by atoms with van der Waals surface area (Å²) in [5, 5.41) is 3.47. The molecule has 1 N–H and O–H groups in total. The van der Waals surface area contributed by atoms with E-state index in [1.165, 1.54) is 11.3 Å². The van der Waals surface area contributed by atoms with E-state index in [9.17, 15) is 9.59 Å². The van der Waals surface area contributed by atoms with E-state index < -0.39 is 0 Å². The molecule has 0 unspecified atom stereocenters. The lowest BCUT2D eigenvalue weighted by Gasteiger charge is -2.12. The Balaban J connectivity index is 1.84. The minimum atomic E-state index is -0.367. The monoisotopic (exact) mass is 451 g/mol. The van der Waals surface area contributed by atoms with Crippen molar-refractivity contribution in [3.05, 3.63) is 44.2 Å². The third-order valence-electron chi connectivity index (χ3n) is 4.18. The van der Waals surface area contributed by atoms with E-state index in [0.29, 0.717) is 33.0 Å². The van der Waals surface area contributed by atoms with Crippen LogP contribution in [0.1, 0.15) is 58.3 Å². The van der Waals surface area contributed by atoms with Crippen LogP contribution < -0.4 is 10.1 Å². The molecule has 0 atom stereocenters. The van der Waals surface area contributed by atoms with Crippen molar-refractivity contribution in [1.29, 1.82) is 0 Å². The third-order valence-corrected chi connectivity index (χ3v) is 6.01. The highest BCUT2D eigenvalue weighted by Gasteiger charge is 2.28. The summed E-state index contributed by atoms with van der Waals surface area (Å²) >= 11 is 4.92. The predicted octanol–water partition coefficient (Wildman–Crippen LogP) is 5.22. The van der Waals surface area contributed by atoms with Crippen LogP contribution in [-0.2, 0) is 17.6 Å². The van der Waals surface area contributed by atoms with Crippen LogP contribution in [0.25, 0.3) is 0 Å². The molecule has 1 aliphatic carbocycles. The van der Waals surface area contributed by atoms with Crippen molar-refractivity contribution in [2.75, 3.05) is 11.9 Å². The fraction of sp³-hybridized carbons (Fsp3) is 0.400. The van der Waals surface area contributed by atoms with Gasteiger partial charge in [-0.05, 0) is 79.7 Å². The molecule has 5 nitrogen and oxygen atoms in total. The molecule has 1 aliphatic rings. The van der Waals surface area contributed by atoms with E-state index in [4.69, 9.17) is 9.47 Å². The van der Waals surface area contributed by atoms with Crippen LogP contribution in [0, 0.1) is 0 Å². The molecule has 7 heteroatoms. The van der Waals surface area contributed by atoms with Crippen molar-refractivity contribution >= 4 is 44.1 Å². The van der Waals surface area contributed by atoms with Gasteiger partial charge in [0.15, 0.2) is 0 Å². The molecule has 1 heterocycles. The van der Waals surface area contributed by atoms with Crippen LogP contribution in [0.4, 0.5) is 5.00 Å². The summed E-state index contributed by atoms with van der Waals surface area (Å²) in [4.78, 5) is 26.3. The zero-order valence-corrected chi connectivity index (χ0v) is 18.0. The van der Waals surface area contributed by atoms with E-state index in [-0.39, 0.29) is 18.0 Å². The number of nitrogens with one attached hydrogen (secondary N) is 1. The third kappa shape index (κ3) is 4.35. The van der Waals surface area contributed by atoms with Gasteiger partial charge in [0.2, 0.25) is 0 Å². The smallest absolute Gasteiger partial charge is 0.341 e. The predicted molar refractivity (Wildman–Crippen MR) is 110 cm³/mol. The molecule has 144 valence electrons. The number of amides is 1. The van der Waals surface area contributed by atoms with Gasteiger partial charge < -0.3 is 14.8 Å². The van der Waals surface area contributed by atoms with Crippen LogP contribution in [0.15, 0.2) is 22.7 Å². The summed E-state index contributed by atoms with van der Waals surface area (Å²) in [5.41, 5.74) is 2.03. The van der Waals surface area contributed by atoms with Crippen molar-refractivity contribution in [3.8, 4) is 5.75 Å². The van der Waals surface area contributed by atoms with Crippen molar-refractivity contribution in [2.24, 2.45) is 0 Å². The molecule has 2 aromatic rings. The first kappa shape index (κ1) is 19.9. The first-order valence-electron chi connectivity index (χ1n) is 9.00. The lowest BCUT2D eigenvalue weighted by molar-refractivity contribution is 0.0527. The number of hydrogen-bond donors (Lipinski definition) is 1. The average molecular weight is 452 g/mol. The van der Waals surface area contributed by atoms with Gasteiger partial charge in [-0.15, -0.1) is 11.3 Å². The van der Waals surface area contributed by atoms with Gasteiger partial charge in [-0.3, -0.25) is 4.79 Å². The van der Waals surface area contributed by atoms with E-state index in [0.717, 1.165) is 29.7 Å². The zero-order chi connectivity index (χ0) is 19.6. The van der Waals surface area contributed by atoms with Crippen LogP contribution in [-0.4, -0.2) is 24.6 Å². The topological polar surface area (TPSA) is 64.6 Å². The number of esters is 1. The van der Waals surface area contributed by atoms with Crippen LogP contribution in [0.5, 0.6) is 5.75 Å². The Hall–Kier alpha value is -1.86. The zero-order valence-electron chi connectivity index (χ0n) is 15.6. The quantitative estimate of drug-likeness (QED) is 0.611. The lowest BCUT2D eigenvalue weighted by atomic mass is 10.1. The molecule has 0 saturated heterocycles. The molecule has 1 aromatic heterocycles. The Bertz CT molecular complexity index is 875. The van der Waals surface area contributed by atoms with Gasteiger partial charge in [0.05, 0.1) is 22.7 Å². The summed E-state index contributed by atoms with van der Waals surface area (Å²) in [5.74, 6) is 0.0511. The molecule has 0 bridgehead atoms. The number of carbonyl (C=O) groups excluding carboxylic acids is 2. The van der Waals surface area contributed by atoms with Gasteiger partial charge in [0.25, 0.3) is 5.91 Å². The fourth-order valence-electron chi connectivity index (χ4n) is 3.08. The van der Waals surface area contributed by atoms with Crippen molar-refractivity contribution in [3.63, 3.8) is 0 Å². The van der Waals surface area contributed by atoms with Gasteiger partial charge in [0, 0.05) is 10.4 Å². The van der Waals surface area contributed by atoms with Gasteiger partial charge in [-0.2, -0.15) is 0 Å². The molecule has 0 radical (unpaired) electrons. The highest BCUT2D eigenvalue weighted by molar-refractivity contribution is 9.10. The summed E-state index contributed by atoms with van der Waals surface area (Å²) in [6, 6.07) is 5.20. The first-order chi connectivity index (χ1) is 12.9. The highest BCUT2D eigenvalue weighted by Crippen LogP contribution is 2.40. The summed E-state index contributed by atoms with van der Waals surface area (Å²) in [6.45, 7) is 5.97. The second-order valence-corrected chi connectivity index (χ2v) is 8.51. The molecule has 1 amide bonds. The van der Waals surface area contributed by atoms with E-state index in [1.54, 1.807) is 25.1 Å². The Kier molecular flexibility index (Phi) is 6.22. The van der Waals surface area contributed by atoms with E-state index in [1.807, 2.05) is 13.8 Å². The highest BCUT2D eigenvalue weighted by atomic mass is 79.9. The van der Waals surface area contributed by atoms with Gasteiger partial charge >= 0.3 is 5.97 Å². The maximum atomic E-state index is 12.7. The number of aryl methyl sites for hydroxylation is 1. The molecule has 0 saturated carbocycles. The SMILES string of the molecule is CCOC(=O)c1c(NC(=O)c2ccc(OC(C)C)c(Br)c2)sc2c1CCC2. The number of ether oxygens (including phenoxy) is 2. The van der Waals surface area contributed by atoms with Crippen LogP contribution in [0.2, 0.25) is 0 Å². The largest absolute Gasteiger partial charge is 0.490 e. The number of hydrogen-bond acceptors (Lipinski definition) is 5. The molecule has 3 rings (SSSR count). The molecule has 0 spiro atoms. The minimum Gasteiger partial charge on any atom is -0.490 e. The molecular formula is C20H22BrNO4S. The second kappa shape index (κ2) is 8.44. The average Bonchev–Trinajstić information content (AvgIpc) is 3.16. The Labute approximate surface area is 171 Å². The number of benzene rings is 1. The Morgan fingerprint density at radius 3 is 2.74 bits per heavy atom. The van der Waals surface area contributed by atoms with Gasteiger partial charge in [-0.25, -0.2) is 4.79 Å². The number of rotatable bonds is 6. The van der Waals surface area contributed by atoms with Gasteiger partial charge in [-0.1, -0.05) is 0 Å². The minimum absolute atomic E-state index is 0.0432. The number of anilines is 1. The summed E-state index contributed by atoms with van der Waals surface area (Å²) < 4.78 is 11.6. The molecule has 27 heavy (non-hydrogen) atoms. The first-order valence-corrected chi connectivity index (χ1v) is 10.6. The molecule has 1 aromatic carbocycles. The molecular weight excluding hydrogens is 430 g/mol. The van der Waals surface area contributed by atoms with Crippen LogP contribution >= 0.6 is 27.3 Å². The Morgan fingerprint density at radius 1 is 1.30 bits per heavy atom. The second-order valence-electron chi connectivity index (χ2n) is 6.55. The number of fused-ring (bicyclic) bond motifs is 1. The number of thiophene rings is 1. The molecule has 0 aliphatic heterocycles. The van der Waals surface area contributed by atoms with Crippen LogP contribution in [0.3, 0.4) is 0 Å². The van der Waals surface area contributed by atoms with Crippen molar-refractivity contribution < 1.29 is 19.1 Å². The summed E-state index contributed by atoms with van der Waals surface area (Å²) in [6.07, 6.45) is 2.87. The van der Waals surface area contributed by atoms with Gasteiger partial charge in [0.1, 0.15) is 10.8 Å². The van der Waals surface area contributed by atoms with Crippen molar-refractivity contribution in [1.82, 2.24) is 0 Å². The maximum Gasteiger partial charge on any atom is 0.341 e. The fourth-order valence-corrected chi connectivity index (χ4v) is 4.82. The maximum absolute atomic E-state index is 12.7. The number of halogens is 1. The normalized spacial score (nSPS) is 12.8. The molecule has 0 fully saturated rings. The lowest BCUT2D eigenvalue weighted by Crippen LogP contribution is -2.15. The van der Waals surface area contributed by atoms with E-state index >= 15 is 0 Å². The summed E-state index contributed by atoms with van der Waals surface area (Å²) in [7, 11) is 0. The van der Waals surface area contributed by atoms with E-state index in [2.05, 4.69) is 21.2 Å². The Morgan fingerprint density at radius 2 is 2.07 bits per heavy atom. The number of carbonyl (C=O) groups is 2.